The van der Waals surface area contributed by atoms with Crippen LogP contribution in [0, 0.1) is 0 Å². The lowest BCUT2D eigenvalue weighted by atomic mass is 9.95. The van der Waals surface area contributed by atoms with Crippen LogP contribution in [-0.2, 0) is 6.42 Å². The van der Waals surface area contributed by atoms with E-state index in [0.29, 0.717) is 0 Å². The Morgan fingerprint density at radius 2 is 2.27 bits per heavy atom. The van der Waals surface area contributed by atoms with E-state index < -0.39 is 0 Å². The lowest BCUT2D eigenvalue weighted by molar-refractivity contribution is 0.434. The van der Waals surface area contributed by atoms with Gasteiger partial charge in [0.05, 0.1) is 0 Å². The molecule has 0 unspecified atom stereocenters. The SMILES string of the molecule is NC1(Cc2nn3cnnc3s2)CCCC1. The third-order valence-corrected chi connectivity index (χ3v) is 3.94. The topological polar surface area (TPSA) is 69.1 Å². The summed E-state index contributed by atoms with van der Waals surface area (Å²) in [5.41, 5.74) is 6.28. The number of hydrogen-bond donors (Lipinski definition) is 1. The lowest BCUT2D eigenvalue weighted by Gasteiger charge is -2.21. The first kappa shape index (κ1) is 9.23. The van der Waals surface area contributed by atoms with E-state index in [1.54, 1.807) is 22.2 Å². The lowest BCUT2D eigenvalue weighted by Crippen LogP contribution is -2.38. The molecular formula is C9H13N5S. The molecule has 6 heteroatoms. The van der Waals surface area contributed by atoms with Crippen molar-refractivity contribution in [2.45, 2.75) is 37.6 Å². The molecule has 2 aromatic heterocycles. The maximum absolute atomic E-state index is 6.30. The summed E-state index contributed by atoms with van der Waals surface area (Å²) in [5, 5.41) is 13.2. The quantitative estimate of drug-likeness (QED) is 0.824. The van der Waals surface area contributed by atoms with Crippen molar-refractivity contribution in [2.24, 2.45) is 5.73 Å². The molecule has 1 aliphatic carbocycles. The molecule has 1 fully saturated rings. The van der Waals surface area contributed by atoms with Gasteiger partial charge in [0, 0.05) is 12.0 Å². The Kier molecular flexibility index (Phi) is 2.00. The van der Waals surface area contributed by atoms with Crippen molar-refractivity contribution in [1.82, 2.24) is 19.8 Å². The monoisotopic (exact) mass is 223 g/mol. The van der Waals surface area contributed by atoms with E-state index in [1.165, 1.54) is 12.8 Å². The van der Waals surface area contributed by atoms with E-state index in [9.17, 15) is 0 Å². The van der Waals surface area contributed by atoms with Gasteiger partial charge < -0.3 is 5.73 Å². The second-order valence-corrected chi connectivity index (χ2v) is 5.34. The van der Waals surface area contributed by atoms with E-state index >= 15 is 0 Å². The summed E-state index contributed by atoms with van der Waals surface area (Å²) in [6.45, 7) is 0. The predicted octanol–water partition coefficient (Wildman–Crippen LogP) is 1.000. The van der Waals surface area contributed by atoms with Crippen molar-refractivity contribution in [3.8, 4) is 0 Å². The van der Waals surface area contributed by atoms with Crippen LogP contribution in [0.3, 0.4) is 0 Å². The molecule has 3 rings (SSSR count). The van der Waals surface area contributed by atoms with Crippen molar-refractivity contribution >= 4 is 16.3 Å². The number of fused-ring (bicyclic) bond motifs is 1. The smallest absolute Gasteiger partial charge is 0.234 e. The molecule has 80 valence electrons. The summed E-state index contributed by atoms with van der Waals surface area (Å²) >= 11 is 1.59. The number of rotatable bonds is 2. The van der Waals surface area contributed by atoms with E-state index in [1.807, 2.05) is 0 Å². The van der Waals surface area contributed by atoms with Gasteiger partial charge in [0.2, 0.25) is 4.96 Å². The third-order valence-electron chi connectivity index (χ3n) is 3.03. The first-order valence-electron chi connectivity index (χ1n) is 5.20. The van der Waals surface area contributed by atoms with Gasteiger partial charge >= 0.3 is 0 Å². The number of nitrogens with two attached hydrogens (primary N) is 1. The van der Waals surface area contributed by atoms with E-state index in [-0.39, 0.29) is 5.54 Å². The van der Waals surface area contributed by atoms with Gasteiger partial charge in [-0.25, -0.2) is 0 Å². The van der Waals surface area contributed by atoms with E-state index in [2.05, 4.69) is 15.3 Å². The van der Waals surface area contributed by atoms with Crippen molar-refractivity contribution < 1.29 is 0 Å². The molecule has 2 heterocycles. The third kappa shape index (κ3) is 1.63. The average molecular weight is 223 g/mol. The molecule has 0 atom stereocenters. The van der Waals surface area contributed by atoms with Crippen LogP contribution in [0.15, 0.2) is 6.33 Å². The van der Waals surface area contributed by atoms with Gasteiger partial charge in [-0.3, -0.25) is 0 Å². The fraction of sp³-hybridized carbons (Fsp3) is 0.667. The summed E-state index contributed by atoms with van der Waals surface area (Å²) in [7, 11) is 0. The highest BCUT2D eigenvalue weighted by Gasteiger charge is 2.30. The highest BCUT2D eigenvalue weighted by atomic mass is 32.1. The second kappa shape index (κ2) is 3.24. The average Bonchev–Trinajstić information content (AvgIpc) is 2.80. The maximum Gasteiger partial charge on any atom is 0.234 e. The molecule has 0 radical (unpaired) electrons. The van der Waals surface area contributed by atoms with Crippen LogP contribution in [-0.4, -0.2) is 25.4 Å². The highest BCUT2D eigenvalue weighted by molar-refractivity contribution is 7.16. The van der Waals surface area contributed by atoms with Crippen molar-refractivity contribution in [3.05, 3.63) is 11.3 Å². The molecule has 0 saturated heterocycles. The maximum atomic E-state index is 6.30. The summed E-state index contributed by atoms with van der Waals surface area (Å²) in [5.74, 6) is 0. The van der Waals surface area contributed by atoms with Crippen LogP contribution in [0.1, 0.15) is 30.7 Å². The molecule has 15 heavy (non-hydrogen) atoms. The Labute approximate surface area is 91.3 Å². The van der Waals surface area contributed by atoms with Crippen LogP contribution < -0.4 is 5.73 Å². The van der Waals surface area contributed by atoms with Gasteiger partial charge in [0.15, 0.2) is 0 Å². The van der Waals surface area contributed by atoms with Gasteiger partial charge in [-0.05, 0) is 12.8 Å². The summed E-state index contributed by atoms with van der Waals surface area (Å²) in [4.78, 5) is 0.853. The van der Waals surface area contributed by atoms with Crippen LogP contribution >= 0.6 is 11.3 Å². The standard InChI is InChI=1S/C9H13N5S/c10-9(3-1-2-4-9)5-7-13-14-6-11-12-8(14)15-7/h6H,1-5,10H2. The Morgan fingerprint density at radius 3 is 3.00 bits per heavy atom. The second-order valence-electron chi connectivity index (χ2n) is 4.30. The van der Waals surface area contributed by atoms with Gasteiger partial charge in [-0.2, -0.15) is 9.61 Å². The van der Waals surface area contributed by atoms with Crippen LogP contribution in [0.4, 0.5) is 0 Å². The fourth-order valence-corrected chi connectivity index (χ4v) is 3.20. The Bertz CT molecular complexity index is 439. The number of aromatic nitrogens is 4. The summed E-state index contributed by atoms with van der Waals surface area (Å²) in [6.07, 6.45) is 7.25. The molecule has 1 aliphatic rings. The minimum Gasteiger partial charge on any atom is -0.325 e. The van der Waals surface area contributed by atoms with Gasteiger partial charge in [-0.1, -0.05) is 24.2 Å². The first-order valence-corrected chi connectivity index (χ1v) is 6.01. The van der Waals surface area contributed by atoms with Crippen molar-refractivity contribution in [1.29, 1.82) is 0 Å². The molecule has 0 aromatic carbocycles. The number of hydrogen-bond acceptors (Lipinski definition) is 5. The zero-order chi connectivity index (χ0) is 10.3. The Morgan fingerprint density at radius 1 is 1.47 bits per heavy atom. The first-order chi connectivity index (χ1) is 7.25. The molecule has 0 spiro atoms. The molecule has 0 bridgehead atoms. The normalized spacial score (nSPS) is 20.1. The fourth-order valence-electron chi connectivity index (χ4n) is 2.23. The molecule has 1 saturated carbocycles. The van der Waals surface area contributed by atoms with Crippen molar-refractivity contribution in [3.63, 3.8) is 0 Å². The van der Waals surface area contributed by atoms with Crippen LogP contribution in [0.25, 0.3) is 4.96 Å². The Hall–Kier alpha value is -1.01. The molecule has 2 N–H and O–H groups in total. The predicted molar refractivity (Wildman–Crippen MR) is 57.7 cm³/mol. The summed E-state index contributed by atoms with van der Waals surface area (Å²) < 4.78 is 1.72. The van der Waals surface area contributed by atoms with E-state index in [4.69, 9.17) is 5.73 Å². The van der Waals surface area contributed by atoms with Crippen LogP contribution in [0.2, 0.25) is 0 Å². The van der Waals surface area contributed by atoms with Gasteiger partial charge in [0.25, 0.3) is 0 Å². The minimum atomic E-state index is -0.0245. The zero-order valence-corrected chi connectivity index (χ0v) is 9.20. The number of nitrogens with zero attached hydrogens (tertiary/aromatic N) is 4. The molecule has 5 nitrogen and oxygen atoms in total. The zero-order valence-electron chi connectivity index (χ0n) is 8.39. The minimum absolute atomic E-state index is 0.0245. The van der Waals surface area contributed by atoms with Gasteiger partial charge in [0.1, 0.15) is 11.3 Å². The van der Waals surface area contributed by atoms with Gasteiger partial charge in [-0.15, -0.1) is 10.2 Å². The highest BCUT2D eigenvalue weighted by Crippen LogP contribution is 2.31. The molecule has 0 amide bonds. The summed E-state index contributed by atoms with van der Waals surface area (Å²) in [6, 6.07) is 0. The van der Waals surface area contributed by atoms with Crippen molar-refractivity contribution in [2.75, 3.05) is 0 Å². The Balaban J connectivity index is 1.85. The molecule has 2 aromatic rings. The van der Waals surface area contributed by atoms with Crippen LogP contribution in [0.5, 0.6) is 0 Å². The molecule has 0 aliphatic heterocycles. The largest absolute Gasteiger partial charge is 0.325 e. The molecular weight excluding hydrogens is 210 g/mol. The van der Waals surface area contributed by atoms with E-state index in [0.717, 1.165) is 29.2 Å².